The predicted octanol–water partition coefficient (Wildman–Crippen LogP) is 4.09. The molecule has 0 radical (unpaired) electrons. The molecule has 0 saturated carbocycles. The zero-order valence-electron chi connectivity index (χ0n) is 10.5. The third-order valence-corrected chi connectivity index (χ3v) is 4.18. The van der Waals surface area contributed by atoms with E-state index in [0.29, 0.717) is 5.69 Å². The number of anilines is 1. The average Bonchev–Trinajstić information content (AvgIpc) is 2.78. The molecule has 19 heavy (non-hydrogen) atoms. The van der Waals surface area contributed by atoms with E-state index in [0.717, 1.165) is 14.4 Å². The van der Waals surface area contributed by atoms with Crippen molar-refractivity contribution >= 4 is 38.9 Å². The lowest BCUT2D eigenvalue weighted by molar-refractivity contribution is 0.0698. The fourth-order valence-corrected chi connectivity index (χ4v) is 2.82. The van der Waals surface area contributed by atoms with Crippen LogP contribution in [0.2, 0.25) is 0 Å². The largest absolute Gasteiger partial charge is 0.478 e. The van der Waals surface area contributed by atoms with Crippen molar-refractivity contribution in [2.75, 3.05) is 5.32 Å². The molecule has 0 aliphatic heterocycles. The number of halogens is 1. The minimum absolute atomic E-state index is 0.0297. The maximum Gasteiger partial charge on any atom is 0.337 e. The molecule has 0 spiro atoms. The minimum atomic E-state index is -0.952. The first-order valence-corrected chi connectivity index (χ1v) is 7.30. The summed E-state index contributed by atoms with van der Waals surface area (Å²) in [5.74, 6) is -0.952. The van der Waals surface area contributed by atoms with Crippen LogP contribution in [0.1, 0.15) is 33.2 Å². The molecule has 1 aromatic carbocycles. The van der Waals surface area contributed by atoms with Gasteiger partial charge in [0.05, 0.1) is 11.6 Å². The van der Waals surface area contributed by atoms with Gasteiger partial charge in [-0.15, -0.1) is 11.3 Å². The third kappa shape index (κ3) is 3.33. The van der Waals surface area contributed by atoms with Gasteiger partial charge in [0.15, 0.2) is 0 Å². The van der Waals surface area contributed by atoms with Crippen LogP contribution in [0.15, 0.2) is 28.9 Å². The Hall–Kier alpha value is -1.40. The lowest BCUT2D eigenvalue weighted by Gasteiger charge is -2.15. The molecule has 0 fully saturated rings. The molecule has 1 atom stereocenters. The van der Waals surface area contributed by atoms with Crippen LogP contribution in [0.4, 0.5) is 5.69 Å². The summed E-state index contributed by atoms with van der Waals surface area (Å²) in [5.41, 5.74) is 0.838. The van der Waals surface area contributed by atoms with Crippen LogP contribution in [-0.2, 0) is 0 Å². The van der Waals surface area contributed by atoms with Gasteiger partial charge in [-0.25, -0.2) is 9.78 Å². The van der Waals surface area contributed by atoms with E-state index in [1.807, 2.05) is 26.1 Å². The number of benzene rings is 1. The lowest BCUT2D eigenvalue weighted by atomic mass is 10.1. The van der Waals surface area contributed by atoms with Crippen molar-refractivity contribution in [1.29, 1.82) is 0 Å². The Morgan fingerprint density at radius 3 is 2.84 bits per heavy atom. The van der Waals surface area contributed by atoms with Gasteiger partial charge in [0, 0.05) is 21.2 Å². The normalized spacial score (nSPS) is 12.2. The molecule has 0 bridgehead atoms. The van der Waals surface area contributed by atoms with E-state index in [1.54, 1.807) is 23.5 Å². The molecule has 1 heterocycles. The summed E-state index contributed by atoms with van der Waals surface area (Å²) >= 11 is 4.88. The van der Waals surface area contributed by atoms with Crippen LogP contribution in [0.5, 0.6) is 0 Å². The molecule has 0 amide bonds. The molecule has 0 aliphatic carbocycles. The maximum atomic E-state index is 11.2. The number of rotatable bonds is 4. The van der Waals surface area contributed by atoms with Crippen molar-refractivity contribution in [1.82, 2.24) is 4.98 Å². The Bertz CT molecular complexity index is 612. The average molecular weight is 341 g/mol. The maximum absolute atomic E-state index is 11.2. The van der Waals surface area contributed by atoms with Crippen LogP contribution in [-0.4, -0.2) is 16.1 Å². The van der Waals surface area contributed by atoms with Crippen LogP contribution < -0.4 is 5.32 Å². The second-order valence-electron chi connectivity index (χ2n) is 4.17. The molecule has 4 nitrogen and oxygen atoms in total. The Balaban J connectivity index is 2.26. The highest BCUT2D eigenvalue weighted by Gasteiger charge is 2.15. The molecule has 2 aromatic rings. The fourth-order valence-electron chi connectivity index (χ4n) is 1.69. The highest BCUT2D eigenvalue weighted by molar-refractivity contribution is 9.10. The van der Waals surface area contributed by atoms with Crippen molar-refractivity contribution in [3.63, 3.8) is 0 Å². The topological polar surface area (TPSA) is 62.2 Å². The van der Waals surface area contributed by atoms with Crippen molar-refractivity contribution in [2.24, 2.45) is 0 Å². The van der Waals surface area contributed by atoms with Gasteiger partial charge < -0.3 is 10.4 Å². The van der Waals surface area contributed by atoms with Crippen molar-refractivity contribution in [2.45, 2.75) is 19.9 Å². The van der Waals surface area contributed by atoms with Crippen molar-refractivity contribution in [3.05, 3.63) is 44.3 Å². The molecule has 100 valence electrons. The third-order valence-electron chi connectivity index (χ3n) is 2.59. The van der Waals surface area contributed by atoms with Gasteiger partial charge in [-0.3, -0.25) is 0 Å². The summed E-state index contributed by atoms with van der Waals surface area (Å²) < 4.78 is 0.744. The summed E-state index contributed by atoms with van der Waals surface area (Å²) in [6.45, 7) is 3.96. The van der Waals surface area contributed by atoms with Gasteiger partial charge in [-0.2, -0.15) is 0 Å². The first kappa shape index (κ1) is 14.0. The number of nitrogens with one attached hydrogen (secondary N) is 1. The monoisotopic (exact) mass is 340 g/mol. The van der Waals surface area contributed by atoms with E-state index >= 15 is 0 Å². The van der Waals surface area contributed by atoms with Crippen LogP contribution in [0.3, 0.4) is 0 Å². The molecular weight excluding hydrogens is 328 g/mol. The van der Waals surface area contributed by atoms with Crippen LogP contribution in [0, 0.1) is 6.92 Å². The number of hydrogen-bond donors (Lipinski definition) is 2. The van der Waals surface area contributed by atoms with Gasteiger partial charge >= 0.3 is 5.97 Å². The van der Waals surface area contributed by atoms with E-state index < -0.39 is 5.97 Å². The lowest BCUT2D eigenvalue weighted by Crippen LogP contribution is -2.10. The number of carboxylic acids is 1. The highest BCUT2D eigenvalue weighted by atomic mass is 79.9. The van der Waals surface area contributed by atoms with Crippen molar-refractivity contribution < 1.29 is 9.90 Å². The van der Waals surface area contributed by atoms with E-state index in [2.05, 4.69) is 26.2 Å². The first-order chi connectivity index (χ1) is 8.97. The number of aryl methyl sites for hydroxylation is 1. The van der Waals surface area contributed by atoms with Gasteiger partial charge in [-0.1, -0.05) is 15.9 Å². The summed E-state index contributed by atoms with van der Waals surface area (Å²) in [7, 11) is 0. The summed E-state index contributed by atoms with van der Waals surface area (Å²) in [5, 5.41) is 13.3. The van der Waals surface area contributed by atoms with Gasteiger partial charge in [0.25, 0.3) is 0 Å². The number of hydrogen-bond acceptors (Lipinski definition) is 4. The number of carbonyl (C=O) groups is 1. The number of aromatic carboxylic acids is 1. The molecule has 1 unspecified atom stereocenters. The number of nitrogens with zero attached hydrogens (tertiary/aromatic N) is 1. The van der Waals surface area contributed by atoms with Crippen LogP contribution >= 0.6 is 27.3 Å². The van der Waals surface area contributed by atoms with E-state index in [-0.39, 0.29) is 11.6 Å². The zero-order valence-corrected chi connectivity index (χ0v) is 12.9. The van der Waals surface area contributed by atoms with Crippen molar-refractivity contribution in [3.8, 4) is 0 Å². The van der Waals surface area contributed by atoms with Gasteiger partial charge in [0.1, 0.15) is 5.01 Å². The predicted molar refractivity (Wildman–Crippen MR) is 80.0 cm³/mol. The van der Waals surface area contributed by atoms with E-state index in [9.17, 15) is 9.90 Å². The zero-order chi connectivity index (χ0) is 14.0. The number of carboxylic acid groups (broad SMARTS) is 1. The van der Waals surface area contributed by atoms with Gasteiger partial charge in [0.2, 0.25) is 0 Å². The molecule has 1 aromatic heterocycles. The number of aromatic nitrogens is 1. The first-order valence-electron chi connectivity index (χ1n) is 5.69. The second-order valence-corrected chi connectivity index (χ2v) is 6.35. The Labute approximate surface area is 123 Å². The molecule has 6 heteroatoms. The highest BCUT2D eigenvalue weighted by Crippen LogP contribution is 2.27. The molecule has 0 aliphatic rings. The van der Waals surface area contributed by atoms with Gasteiger partial charge in [-0.05, 0) is 32.0 Å². The Morgan fingerprint density at radius 2 is 2.26 bits per heavy atom. The Morgan fingerprint density at radius 1 is 1.53 bits per heavy atom. The summed E-state index contributed by atoms with van der Waals surface area (Å²) in [6.07, 6.45) is 1.82. The minimum Gasteiger partial charge on any atom is -0.478 e. The fraction of sp³-hybridized carbons (Fsp3) is 0.231. The molecule has 0 saturated heterocycles. The molecule has 2 rings (SSSR count). The molecule has 2 N–H and O–H groups in total. The second kappa shape index (κ2) is 5.71. The standard InChI is InChI=1S/C13H13BrN2O2S/c1-7-6-15-12(19-7)8(2)16-11-4-3-9(14)5-10(11)13(17)18/h3-6,8,16H,1-2H3,(H,17,18). The van der Waals surface area contributed by atoms with Crippen LogP contribution in [0.25, 0.3) is 0 Å². The SMILES string of the molecule is Cc1cnc(C(C)Nc2ccc(Br)cc2C(=O)O)s1. The smallest absolute Gasteiger partial charge is 0.337 e. The quantitative estimate of drug-likeness (QED) is 0.879. The summed E-state index contributed by atoms with van der Waals surface area (Å²) in [6, 6.07) is 5.13. The van der Waals surface area contributed by atoms with E-state index in [1.165, 1.54) is 0 Å². The van der Waals surface area contributed by atoms with E-state index in [4.69, 9.17) is 0 Å². The molecular formula is C13H13BrN2O2S. The Kier molecular flexibility index (Phi) is 4.21. The number of thiazole rings is 1. The summed E-state index contributed by atoms with van der Waals surface area (Å²) in [4.78, 5) is 16.7.